The van der Waals surface area contributed by atoms with E-state index in [2.05, 4.69) is 16.0 Å². The highest BCUT2D eigenvalue weighted by atomic mass is 35.5. The van der Waals surface area contributed by atoms with E-state index in [9.17, 15) is 9.59 Å². The Morgan fingerprint density at radius 3 is 2.50 bits per heavy atom. The van der Waals surface area contributed by atoms with Crippen molar-refractivity contribution >= 4 is 29.9 Å². The molecule has 1 aromatic carbocycles. The zero-order valence-electron chi connectivity index (χ0n) is 12.1. The first-order valence-corrected chi connectivity index (χ1v) is 6.41. The molecule has 1 rings (SSSR count). The van der Waals surface area contributed by atoms with Gasteiger partial charge in [0.15, 0.2) is 0 Å². The van der Waals surface area contributed by atoms with E-state index in [1.807, 2.05) is 13.8 Å². The van der Waals surface area contributed by atoms with Crippen LogP contribution in [0.25, 0.3) is 0 Å². The molecule has 3 N–H and O–H groups in total. The van der Waals surface area contributed by atoms with E-state index in [1.54, 1.807) is 25.2 Å². The summed E-state index contributed by atoms with van der Waals surface area (Å²) in [5.74, 6) is -0.137. The molecule has 2 amide bonds. The molecule has 0 radical (unpaired) electrons. The minimum Gasteiger partial charge on any atom is -0.352 e. The average Bonchev–Trinajstić information content (AvgIpc) is 2.39. The molecule has 0 atom stereocenters. The van der Waals surface area contributed by atoms with Gasteiger partial charge in [-0.15, -0.1) is 12.4 Å². The zero-order valence-corrected chi connectivity index (χ0v) is 12.9. The number of carbonyl (C=O) groups excluding carboxylic acids is 2. The van der Waals surface area contributed by atoms with Gasteiger partial charge in [0, 0.05) is 30.8 Å². The molecule has 5 nitrogen and oxygen atoms in total. The third kappa shape index (κ3) is 5.59. The fraction of sp³-hybridized carbons (Fsp3) is 0.429. The van der Waals surface area contributed by atoms with Crippen LogP contribution in [0.3, 0.4) is 0 Å². The van der Waals surface area contributed by atoms with Crippen molar-refractivity contribution in [2.75, 3.05) is 25.5 Å². The Morgan fingerprint density at radius 1 is 1.25 bits per heavy atom. The standard InChI is InChI=1S/C14H21N3O2.ClH/c1-4-16-14(19)11-5-6-12(10(2)9-11)17-13(18)7-8-15-3;/h5-6,9,15H,4,7-8H2,1-3H3,(H,16,19)(H,17,18);1H. The van der Waals surface area contributed by atoms with Gasteiger partial charge in [-0.2, -0.15) is 0 Å². The zero-order chi connectivity index (χ0) is 14.3. The summed E-state index contributed by atoms with van der Waals surface area (Å²) in [6, 6.07) is 5.25. The smallest absolute Gasteiger partial charge is 0.251 e. The fourth-order valence-electron chi connectivity index (χ4n) is 1.66. The molecule has 0 saturated heterocycles. The second-order valence-electron chi connectivity index (χ2n) is 4.29. The van der Waals surface area contributed by atoms with Gasteiger partial charge in [0.1, 0.15) is 0 Å². The third-order valence-electron chi connectivity index (χ3n) is 2.70. The Morgan fingerprint density at radius 2 is 1.95 bits per heavy atom. The van der Waals surface area contributed by atoms with Crippen LogP contribution in [0, 0.1) is 6.92 Å². The Hall–Kier alpha value is -1.59. The molecule has 20 heavy (non-hydrogen) atoms. The minimum atomic E-state index is -0.0985. The van der Waals surface area contributed by atoms with Gasteiger partial charge in [0.05, 0.1) is 0 Å². The highest BCUT2D eigenvalue weighted by Crippen LogP contribution is 2.16. The van der Waals surface area contributed by atoms with Gasteiger partial charge in [-0.3, -0.25) is 9.59 Å². The monoisotopic (exact) mass is 299 g/mol. The largest absolute Gasteiger partial charge is 0.352 e. The van der Waals surface area contributed by atoms with Crippen molar-refractivity contribution in [2.45, 2.75) is 20.3 Å². The molecule has 0 saturated carbocycles. The molecular formula is C14H22ClN3O2. The number of aryl methyl sites for hydroxylation is 1. The maximum atomic E-state index is 11.7. The third-order valence-corrected chi connectivity index (χ3v) is 2.70. The SMILES string of the molecule is CCNC(=O)c1ccc(NC(=O)CCNC)c(C)c1.Cl. The van der Waals surface area contributed by atoms with E-state index < -0.39 is 0 Å². The lowest BCUT2D eigenvalue weighted by Gasteiger charge is -2.10. The molecule has 0 aliphatic rings. The number of benzene rings is 1. The number of hydrogen-bond acceptors (Lipinski definition) is 3. The minimum absolute atomic E-state index is 0. The summed E-state index contributed by atoms with van der Waals surface area (Å²) in [6.45, 7) is 4.99. The molecule has 112 valence electrons. The lowest BCUT2D eigenvalue weighted by molar-refractivity contribution is -0.116. The van der Waals surface area contributed by atoms with Gasteiger partial charge in [-0.05, 0) is 44.7 Å². The molecule has 6 heteroatoms. The Bertz CT molecular complexity index is 464. The first kappa shape index (κ1) is 18.4. The van der Waals surface area contributed by atoms with Crippen molar-refractivity contribution in [1.29, 1.82) is 0 Å². The summed E-state index contributed by atoms with van der Waals surface area (Å²) in [5, 5.41) is 8.50. The van der Waals surface area contributed by atoms with Crippen LogP contribution < -0.4 is 16.0 Å². The number of anilines is 1. The van der Waals surface area contributed by atoms with E-state index >= 15 is 0 Å². The molecule has 0 bridgehead atoms. The summed E-state index contributed by atoms with van der Waals surface area (Å²) >= 11 is 0. The number of carbonyl (C=O) groups is 2. The van der Waals surface area contributed by atoms with E-state index in [4.69, 9.17) is 0 Å². The number of halogens is 1. The number of hydrogen-bond donors (Lipinski definition) is 3. The molecule has 0 heterocycles. The van der Waals surface area contributed by atoms with Crippen LogP contribution in [0.15, 0.2) is 18.2 Å². The van der Waals surface area contributed by atoms with E-state index in [-0.39, 0.29) is 24.2 Å². The van der Waals surface area contributed by atoms with Crippen molar-refractivity contribution in [3.05, 3.63) is 29.3 Å². The summed E-state index contributed by atoms with van der Waals surface area (Å²) in [6.07, 6.45) is 0.425. The molecular weight excluding hydrogens is 278 g/mol. The summed E-state index contributed by atoms with van der Waals surface area (Å²) in [7, 11) is 1.81. The molecule has 0 aliphatic heterocycles. The molecule has 0 fully saturated rings. The van der Waals surface area contributed by atoms with Gasteiger partial charge in [-0.25, -0.2) is 0 Å². The van der Waals surface area contributed by atoms with Crippen molar-refractivity contribution in [3.8, 4) is 0 Å². The highest BCUT2D eigenvalue weighted by molar-refractivity contribution is 5.96. The maximum Gasteiger partial charge on any atom is 0.251 e. The van der Waals surface area contributed by atoms with Crippen molar-refractivity contribution in [3.63, 3.8) is 0 Å². The van der Waals surface area contributed by atoms with Crippen molar-refractivity contribution in [2.24, 2.45) is 0 Å². The molecule has 0 aliphatic carbocycles. The van der Waals surface area contributed by atoms with Gasteiger partial charge in [0.25, 0.3) is 5.91 Å². The van der Waals surface area contributed by atoms with Gasteiger partial charge < -0.3 is 16.0 Å². The number of amides is 2. The maximum absolute atomic E-state index is 11.7. The average molecular weight is 300 g/mol. The van der Waals surface area contributed by atoms with Crippen molar-refractivity contribution < 1.29 is 9.59 Å². The first-order chi connectivity index (χ1) is 9.08. The van der Waals surface area contributed by atoms with Gasteiger partial charge in [-0.1, -0.05) is 0 Å². The molecule has 0 unspecified atom stereocenters. The Balaban J connectivity index is 0.00000361. The summed E-state index contributed by atoms with van der Waals surface area (Å²) in [5.41, 5.74) is 2.23. The van der Waals surface area contributed by atoms with Crippen LogP contribution in [-0.4, -0.2) is 32.0 Å². The molecule has 1 aromatic rings. The predicted octanol–water partition coefficient (Wildman–Crippen LogP) is 1.71. The quantitative estimate of drug-likeness (QED) is 0.749. The summed E-state index contributed by atoms with van der Waals surface area (Å²) < 4.78 is 0. The Kier molecular flexibility index (Phi) is 8.59. The fourth-order valence-corrected chi connectivity index (χ4v) is 1.66. The van der Waals surface area contributed by atoms with Crippen LogP contribution in [0.1, 0.15) is 29.3 Å². The topological polar surface area (TPSA) is 70.2 Å². The Labute approximate surface area is 125 Å². The normalized spacial score (nSPS) is 9.55. The molecule has 0 aromatic heterocycles. The second kappa shape index (κ2) is 9.34. The lowest BCUT2D eigenvalue weighted by Crippen LogP contribution is -2.23. The number of nitrogens with one attached hydrogen (secondary N) is 3. The van der Waals surface area contributed by atoms with Crippen LogP contribution in [0.2, 0.25) is 0 Å². The van der Waals surface area contributed by atoms with E-state index in [0.717, 1.165) is 11.3 Å². The van der Waals surface area contributed by atoms with Crippen LogP contribution in [0.5, 0.6) is 0 Å². The number of rotatable bonds is 6. The van der Waals surface area contributed by atoms with Gasteiger partial charge in [0.2, 0.25) is 5.91 Å². The highest BCUT2D eigenvalue weighted by Gasteiger charge is 2.08. The van der Waals surface area contributed by atoms with Crippen molar-refractivity contribution in [1.82, 2.24) is 10.6 Å². The van der Waals surface area contributed by atoms with Crippen LogP contribution in [-0.2, 0) is 4.79 Å². The second-order valence-corrected chi connectivity index (χ2v) is 4.29. The summed E-state index contributed by atoms with van der Waals surface area (Å²) in [4.78, 5) is 23.3. The van der Waals surface area contributed by atoms with E-state index in [0.29, 0.717) is 25.1 Å². The lowest BCUT2D eigenvalue weighted by atomic mass is 10.1. The van der Waals surface area contributed by atoms with Gasteiger partial charge >= 0.3 is 0 Å². The first-order valence-electron chi connectivity index (χ1n) is 6.41. The predicted molar refractivity (Wildman–Crippen MR) is 83.6 cm³/mol. The van der Waals surface area contributed by atoms with Crippen LogP contribution >= 0.6 is 12.4 Å². The van der Waals surface area contributed by atoms with E-state index in [1.165, 1.54) is 0 Å². The van der Waals surface area contributed by atoms with Crippen LogP contribution in [0.4, 0.5) is 5.69 Å². The molecule has 0 spiro atoms.